The number of rotatable bonds is 10. The molecule has 5 heteroatoms. The zero-order valence-electron chi connectivity index (χ0n) is 12.6. The van der Waals surface area contributed by atoms with Gasteiger partial charge in [0.05, 0.1) is 0 Å². The Morgan fingerprint density at radius 1 is 1.38 bits per heavy atom. The van der Waals surface area contributed by atoms with Crippen LogP contribution < -0.4 is 15.4 Å². The first kappa shape index (κ1) is 15.8. The van der Waals surface area contributed by atoms with Crippen LogP contribution in [0.3, 0.4) is 0 Å². The van der Waals surface area contributed by atoms with Crippen LogP contribution in [0.5, 0.6) is 5.75 Å². The van der Waals surface area contributed by atoms with Crippen LogP contribution in [0.2, 0.25) is 0 Å². The lowest BCUT2D eigenvalue weighted by Gasteiger charge is -2.09. The van der Waals surface area contributed by atoms with Gasteiger partial charge in [-0.1, -0.05) is 12.1 Å². The van der Waals surface area contributed by atoms with Crippen LogP contribution in [0.25, 0.3) is 0 Å². The molecule has 2 rings (SSSR count). The molecular weight excluding hydrogens is 268 g/mol. The Labute approximate surface area is 126 Å². The molecule has 0 aliphatic heterocycles. The number of amides is 1. The number of carbonyl (C=O) groups is 1. The maximum atomic E-state index is 11.6. The quantitative estimate of drug-likeness (QED) is 0.641. The van der Waals surface area contributed by atoms with Gasteiger partial charge in [-0.25, -0.2) is 0 Å². The van der Waals surface area contributed by atoms with Crippen molar-refractivity contribution in [1.29, 1.82) is 0 Å². The number of ether oxygens (including phenoxy) is 2. The molecule has 1 aromatic carbocycles. The van der Waals surface area contributed by atoms with Gasteiger partial charge in [-0.05, 0) is 37.0 Å². The summed E-state index contributed by atoms with van der Waals surface area (Å²) in [6.45, 7) is 2.16. The lowest BCUT2D eigenvalue weighted by atomic mass is 10.2. The van der Waals surface area contributed by atoms with Crippen molar-refractivity contribution in [2.75, 3.05) is 26.9 Å². The highest BCUT2D eigenvalue weighted by Crippen LogP contribution is 2.20. The first-order valence-corrected chi connectivity index (χ1v) is 7.48. The Bertz CT molecular complexity index is 447. The van der Waals surface area contributed by atoms with E-state index >= 15 is 0 Å². The van der Waals surface area contributed by atoms with Crippen LogP contribution in [0.15, 0.2) is 24.3 Å². The first-order chi connectivity index (χ1) is 10.3. The van der Waals surface area contributed by atoms with Crippen LogP contribution in [-0.4, -0.2) is 38.8 Å². The van der Waals surface area contributed by atoms with E-state index in [0.29, 0.717) is 19.2 Å². The van der Waals surface area contributed by atoms with Crippen molar-refractivity contribution >= 4 is 5.91 Å². The van der Waals surface area contributed by atoms with E-state index in [0.717, 1.165) is 18.7 Å². The second-order valence-corrected chi connectivity index (χ2v) is 5.29. The molecule has 1 saturated carbocycles. The second kappa shape index (κ2) is 8.64. The van der Waals surface area contributed by atoms with Gasteiger partial charge in [0.1, 0.15) is 5.75 Å². The van der Waals surface area contributed by atoms with E-state index in [-0.39, 0.29) is 12.5 Å². The topological polar surface area (TPSA) is 59.6 Å². The van der Waals surface area contributed by atoms with E-state index in [2.05, 4.69) is 16.7 Å². The summed E-state index contributed by atoms with van der Waals surface area (Å²) in [5, 5.41) is 6.25. The summed E-state index contributed by atoms with van der Waals surface area (Å²) in [6, 6.07) is 8.56. The summed E-state index contributed by atoms with van der Waals surface area (Å²) in [5.41, 5.74) is 1.18. The molecule has 0 spiro atoms. The summed E-state index contributed by atoms with van der Waals surface area (Å²) >= 11 is 0. The second-order valence-electron chi connectivity index (χ2n) is 5.29. The number of carbonyl (C=O) groups excluding carboxylic acids is 1. The van der Waals surface area contributed by atoms with E-state index < -0.39 is 0 Å². The standard InChI is InChI=1S/C16H24N2O3/c1-20-9-3-8-17-16(19)12-21-15-5-2-4-13(10-15)11-18-14-6-7-14/h2,4-5,10,14,18H,3,6-9,11-12H2,1H3,(H,17,19). The number of hydrogen-bond donors (Lipinski definition) is 2. The van der Waals surface area contributed by atoms with E-state index in [9.17, 15) is 4.79 Å². The summed E-state index contributed by atoms with van der Waals surface area (Å²) in [4.78, 5) is 11.6. The Morgan fingerprint density at radius 2 is 2.24 bits per heavy atom. The number of benzene rings is 1. The minimum atomic E-state index is -0.104. The highest BCUT2D eigenvalue weighted by Gasteiger charge is 2.19. The predicted octanol–water partition coefficient (Wildman–Crippen LogP) is 1.47. The van der Waals surface area contributed by atoms with Gasteiger partial charge < -0.3 is 20.1 Å². The zero-order valence-corrected chi connectivity index (χ0v) is 12.6. The molecule has 1 aliphatic carbocycles. The van der Waals surface area contributed by atoms with Gasteiger partial charge in [-0.15, -0.1) is 0 Å². The fourth-order valence-electron chi connectivity index (χ4n) is 1.94. The molecule has 0 atom stereocenters. The lowest BCUT2D eigenvalue weighted by Crippen LogP contribution is -2.30. The summed E-state index contributed by atoms with van der Waals surface area (Å²) in [6.07, 6.45) is 3.36. The summed E-state index contributed by atoms with van der Waals surface area (Å²) in [5.74, 6) is 0.629. The van der Waals surface area contributed by atoms with E-state index in [1.807, 2.05) is 18.2 Å². The Hall–Kier alpha value is -1.59. The third kappa shape index (κ3) is 6.60. The molecule has 0 unspecified atom stereocenters. The third-order valence-electron chi connectivity index (χ3n) is 3.29. The first-order valence-electron chi connectivity index (χ1n) is 7.48. The van der Waals surface area contributed by atoms with Gasteiger partial charge in [-0.2, -0.15) is 0 Å². The summed E-state index contributed by atoms with van der Waals surface area (Å²) < 4.78 is 10.4. The van der Waals surface area contributed by atoms with Crippen molar-refractivity contribution in [2.45, 2.75) is 31.8 Å². The van der Waals surface area contributed by atoms with Crippen molar-refractivity contribution in [1.82, 2.24) is 10.6 Å². The molecule has 1 fully saturated rings. The summed E-state index contributed by atoms with van der Waals surface area (Å²) in [7, 11) is 1.65. The molecule has 0 radical (unpaired) electrons. The molecular formula is C16H24N2O3. The van der Waals surface area contributed by atoms with E-state index in [1.165, 1.54) is 18.4 Å². The van der Waals surface area contributed by atoms with Gasteiger partial charge in [-0.3, -0.25) is 4.79 Å². The minimum Gasteiger partial charge on any atom is -0.484 e. The monoisotopic (exact) mass is 292 g/mol. The third-order valence-corrected chi connectivity index (χ3v) is 3.29. The molecule has 1 amide bonds. The van der Waals surface area contributed by atoms with Gasteiger partial charge >= 0.3 is 0 Å². The number of methoxy groups -OCH3 is 1. The molecule has 0 aromatic heterocycles. The van der Waals surface area contributed by atoms with E-state index in [1.54, 1.807) is 7.11 Å². The molecule has 1 aromatic rings. The normalized spacial score (nSPS) is 14.0. The minimum absolute atomic E-state index is 0.0481. The highest BCUT2D eigenvalue weighted by atomic mass is 16.5. The molecule has 2 N–H and O–H groups in total. The maximum absolute atomic E-state index is 11.6. The lowest BCUT2D eigenvalue weighted by molar-refractivity contribution is -0.123. The Balaban J connectivity index is 1.66. The molecule has 0 heterocycles. The van der Waals surface area contributed by atoms with Gasteiger partial charge in [0, 0.05) is 32.8 Å². The average Bonchev–Trinajstić information content (AvgIpc) is 3.32. The Kier molecular flexibility index (Phi) is 6.50. The molecule has 0 saturated heterocycles. The zero-order chi connectivity index (χ0) is 14.9. The molecule has 21 heavy (non-hydrogen) atoms. The van der Waals surface area contributed by atoms with Crippen molar-refractivity contribution in [3.05, 3.63) is 29.8 Å². The number of nitrogens with one attached hydrogen (secondary N) is 2. The fourth-order valence-corrected chi connectivity index (χ4v) is 1.94. The van der Waals surface area contributed by atoms with Crippen molar-refractivity contribution in [3.8, 4) is 5.75 Å². The fraction of sp³-hybridized carbons (Fsp3) is 0.562. The van der Waals surface area contributed by atoms with Crippen molar-refractivity contribution in [2.24, 2.45) is 0 Å². The maximum Gasteiger partial charge on any atom is 0.257 e. The molecule has 0 bridgehead atoms. The Morgan fingerprint density at radius 3 is 3.00 bits per heavy atom. The van der Waals surface area contributed by atoms with Crippen LogP contribution in [0, 0.1) is 0 Å². The van der Waals surface area contributed by atoms with Crippen LogP contribution in [-0.2, 0) is 16.1 Å². The van der Waals surface area contributed by atoms with E-state index in [4.69, 9.17) is 9.47 Å². The van der Waals surface area contributed by atoms with Crippen molar-refractivity contribution < 1.29 is 14.3 Å². The van der Waals surface area contributed by atoms with Crippen molar-refractivity contribution in [3.63, 3.8) is 0 Å². The SMILES string of the molecule is COCCCNC(=O)COc1cccc(CNC2CC2)c1. The van der Waals surface area contributed by atoms with Gasteiger partial charge in [0.2, 0.25) is 0 Å². The molecule has 116 valence electrons. The average molecular weight is 292 g/mol. The largest absolute Gasteiger partial charge is 0.484 e. The van der Waals surface area contributed by atoms with Gasteiger partial charge in [0.15, 0.2) is 6.61 Å². The molecule has 1 aliphatic rings. The van der Waals surface area contributed by atoms with Crippen LogP contribution in [0.1, 0.15) is 24.8 Å². The smallest absolute Gasteiger partial charge is 0.257 e. The highest BCUT2D eigenvalue weighted by molar-refractivity contribution is 5.77. The van der Waals surface area contributed by atoms with Gasteiger partial charge in [0.25, 0.3) is 5.91 Å². The molecule has 5 nitrogen and oxygen atoms in total. The van der Waals surface area contributed by atoms with Crippen LogP contribution >= 0.6 is 0 Å². The number of hydrogen-bond acceptors (Lipinski definition) is 4. The predicted molar refractivity (Wildman–Crippen MR) is 81.3 cm³/mol. The van der Waals surface area contributed by atoms with Crippen LogP contribution in [0.4, 0.5) is 0 Å².